The lowest BCUT2D eigenvalue weighted by Crippen LogP contribution is -2.52. The summed E-state index contributed by atoms with van der Waals surface area (Å²) >= 11 is 0. The molecule has 1 atom stereocenters. The highest BCUT2D eigenvalue weighted by Crippen LogP contribution is 2.00. The van der Waals surface area contributed by atoms with E-state index in [0.29, 0.717) is 13.1 Å². The van der Waals surface area contributed by atoms with E-state index in [1.807, 2.05) is 0 Å². The van der Waals surface area contributed by atoms with E-state index in [0.717, 1.165) is 0 Å². The third-order valence-electron chi connectivity index (χ3n) is 2.05. The fraction of sp³-hybridized carbons (Fsp3) is 0.750. The van der Waals surface area contributed by atoms with E-state index < -0.39 is 6.10 Å². The van der Waals surface area contributed by atoms with Gasteiger partial charge in [-0.3, -0.25) is 9.59 Å². The molecule has 0 aromatic carbocycles. The Labute approximate surface area is 77.0 Å². The predicted molar refractivity (Wildman–Crippen MR) is 46.1 cm³/mol. The third-order valence-corrected chi connectivity index (χ3v) is 2.05. The number of hydrogen-bond donors (Lipinski definition) is 1. The van der Waals surface area contributed by atoms with Crippen molar-refractivity contribution in [3.8, 4) is 0 Å². The number of piperazine rings is 1. The number of ether oxygens (including phenoxy) is 1. The summed E-state index contributed by atoms with van der Waals surface area (Å²) in [5.41, 5.74) is 0. The Morgan fingerprint density at radius 3 is 2.92 bits per heavy atom. The summed E-state index contributed by atoms with van der Waals surface area (Å²) in [6, 6.07) is 0. The van der Waals surface area contributed by atoms with Crippen LogP contribution in [0.1, 0.15) is 6.92 Å². The van der Waals surface area contributed by atoms with Gasteiger partial charge < -0.3 is 15.0 Å². The minimum Gasteiger partial charge on any atom is -0.372 e. The lowest BCUT2D eigenvalue weighted by molar-refractivity contribution is -0.145. The van der Waals surface area contributed by atoms with Crippen LogP contribution < -0.4 is 5.32 Å². The first-order valence-electron chi connectivity index (χ1n) is 4.23. The largest absolute Gasteiger partial charge is 0.372 e. The number of methoxy groups -OCH3 is 1. The van der Waals surface area contributed by atoms with Gasteiger partial charge in [-0.2, -0.15) is 0 Å². The van der Waals surface area contributed by atoms with Crippen LogP contribution in [-0.4, -0.2) is 49.6 Å². The molecule has 1 aliphatic rings. The molecule has 13 heavy (non-hydrogen) atoms. The van der Waals surface area contributed by atoms with Gasteiger partial charge in [-0.15, -0.1) is 0 Å². The van der Waals surface area contributed by atoms with Crippen LogP contribution in [0, 0.1) is 0 Å². The number of carbonyl (C=O) groups excluding carboxylic acids is 2. The van der Waals surface area contributed by atoms with Gasteiger partial charge in [0.1, 0.15) is 6.10 Å². The molecule has 0 saturated carbocycles. The van der Waals surface area contributed by atoms with E-state index in [9.17, 15) is 9.59 Å². The van der Waals surface area contributed by atoms with Gasteiger partial charge >= 0.3 is 0 Å². The van der Waals surface area contributed by atoms with E-state index in [1.54, 1.807) is 6.92 Å². The highest BCUT2D eigenvalue weighted by molar-refractivity contribution is 5.87. The van der Waals surface area contributed by atoms with Crippen molar-refractivity contribution in [2.24, 2.45) is 0 Å². The van der Waals surface area contributed by atoms with Crippen molar-refractivity contribution in [3.05, 3.63) is 0 Å². The number of nitrogens with zero attached hydrogens (tertiary/aromatic N) is 1. The molecule has 0 aromatic heterocycles. The van der Waals surface area contributed by atoms with Crippen molar-refractivity contribution in [2.45, 2.75) is 13.0 Å². The van der Waals surface area contributed by atoms with Gasteiger partial charge in [-0.1, -0.05) is 0 Å². The van der Waals surface area contributed by atoms with E-state index >= 15 is 0 Å². The Hall–Kier alpha value is -1.10. The molecule has 1 heterocycles. The van der Waals surface area contributed by atoms with Crippen molar-refractivity contribution >= 4 is 11.8 Å². The molecule has 74 valence electrons. The Morgan fingerprint density at radius 2 is 2.38 bits per heavy atom. The van der Waals surface area contributed by atoms with Crippen LogP contribution in [0.3, 0.4) is 0 Å². The Bertz CT molecular complexity index is 217. The fourth-order valence-corrected chi connectivity index (χ4v) is 1.18. The predicted octanol–water partition coefficient (Wildman–Crippen LogP) is -1.02. The van der Waals surface area contributed by atoms with Gasteiger partial charge in [-0.25, -0.2) is 0 Å². The van der Waals surface area contributed by atoms with Gasteiger partial charge in [-0.05, 0) is 6.92 Å². The second-order valence-corrected chi connectivity index (χ2v) is 2.99. The van der Waals surface area contributed by atoms with Gasteiger partial charge in [0, 0.05) is 20.2 Å². The molecule has 1 N–H and O–H groups in total. The van der Waals surface area contributed by atoms with E-state index in [4.69, 9.17) is 4.74 Å². The zero-order chi connectivity index (χ0) is 9.84. The molecule has 1 fully saturated rings. The summed E-state index contributed by atoms with van der Waals surface area (Å²) in [7, 11) is 1.48. The zero-order valence-electron chi connectivity index (χ0n) is 7.87. The number of hydrogen-bond acceptors (Lipinski definition) is 3. The van der Waals surface area contributed by atoms with Crippen LogP contribution in [0.25, 0.3) is 0 Å². The summed E-state index contributed by atoms with van der Waals surface area (Å²) < 4.78 is 4.88. The fourth-order valence-electron chi connectivity index (χ4n) is 1.18. The molecule has 0 aromatic rings. The molecule has 0 bridgehead atoms. The minimum absolute atomic E-state index is 0.108. The smallest absolute Gasteiger partial charge is 0.251 e. The molecular formula is C8H14N2O3. The standard InChI is InChI=1S/C8H14N2O3/c1-6(13-2)8(12)10-4-3-9-7(11)5-10/h6H,3-5H2,1-2H3,(H,9,11)/t6-/m1/s1. The van der Waals surface area contributed by atoms with E-state index in [-0.39, 0.29) is 18.4 Å². The normalized spacial score (nSPS) is 19.5. The number of rotatable bonds is 2. The quantitative estimate of drug-likeness (QED) is 0.600. The maximum absolute atomic E-state index is 11.5. The van der Waals surface area contributed by atoms with Gasteiger partial charge in [0.25, 0.3) is 5.91 Å². The number of carbonyl (C=O) groups is 2. The summed E-state index contributed by atoms with van der Waals surface area (Å²) in [5.74, 6) is -0.236. The molecular weight excluding hydrogens is 172 g/mol. The molecule has 0 unspecified atom stereocenters. The second-order valence-electron chi connectivity index (χ2n) is 2.99. The Kier molecular flexibility index (Phi) is 3.25. The zero-order valence-corrected chi connectivity index (χ0v) is 7.87. The highest BCUT2D eigenvalue weighted by atomic mass is 16.5. The van der Waals surface area contributed by atoms with E-state index in [2.05, 4.69) is 5.32 Å². The molecule has 0 spiro atoms. The molecule has 0 aliphatic carbocycles. The molecule has 1 rings (SSSR count). The highest BCUT2D eigenvalue weighted by Gasteiger charge is 2.24. The summed E-state index contributed by atoms with van der Waals surface area (Å²) in [4.78, 5) is 23.9. The van der Waals surface area contributed by atoms with Gasteiger partial charge in [0.2, 0.25) is 5.91 Å². The number of amides is 2. The minimum atomic E-state index is -0.467. The van der Waals surface area contributed by atoms with Gasteiger partial charge in [0.05, 0.1) is 6.54 Å². The Balaban J connectivity index is 2.50. The maximum atomic E-state index is 11.5. The van der Waals surface area contributed by atoms with Crippen LogP contribution in [0.2, 0.25) is 0 Å². The lowest BCUT2D eigenvalue weighted by atomic mass is 10.3. The summed E-state index contributed by atoms with van der Waals surface area (Å²) in [5, 5.41) is 2.65. The van der Waals surface area contributed by atoms with Crippen molar-refractivity contribution in [1.82, 2.24) is 10.2 Å². The summed E-state index contributed by atoms with van der Waals surface area (Å²) in [6.45, 7) is 2.92. The van der Waals surface area contributed by atoms with Crippen LogP contribution in [0.4, 0.5) is 0 Å². The van der Waals surface area contributed by atoms with Crippen molar-refractivity contribution in [1.29, 1.82) is 0 Å². The van der Waals surface area contributed by atoms with Crippen LogP contribution >= 0.6 is 0 Å². The molecule has 0 radical (unpaired) electrons. The average molecular weight is 186 g/mol. The molecule has 1 aliphatic heterocycles. The van der Waals surface area contributed by atoms with E-state index in [1.165, 1.54) is 12.0 Å². The SMILES string of the molecule is CO[C@H](C)C(=O)N1CCNC(=O)C1. The second kappa shape index (κ2) is 4.23. The first-order valence-corrected chi connectivity index (χ1v) is 4.23. The topological polar surface area (TPSA) is 58.6 Å². The monoisotopic (exact) mass is 186 g/mol. The first-order chi connectivity index (χ1) is 6.15. The molecule has 5 heteroatoms. The Morgan fingerprint density at radius 1 is 1.69 bits per heavy atom. The molecule has 2 amide bonds. The number of nitrogens with one attached hydrogen (secondary N) is 1. The van der Waals surface area contributed by atoms with Crippen molar-refractivity contribution < 1.29 is 14.3 Å². The lowest BCUT2D eigenvalue weighted by Gasteiger charge is -2.28. The maximum Gasteiger partial charge on any atom is 0.251 e. The summed E-state index contributed by atoms with van der Waals surface area (Å²) in [6.07, 6.45) is -0.467. The van der Waals surface area contributed by atoms with Crippen molar-refractivity contribution in [2.75, 3.05) is 26.7 Å². The van der Waals surface area contributed by atoms with Crippen LogP contribution in [0.5, 0.6) is 0 Å². The first kappa shape index (κ1) is 9.98. The van der Waals surface area contributed by atoms with Crippen LogP contribution in [0.15, 0.2) is 0 Å². The van der Waals surface area contributed by atoms with Crippen molar-refractivity contribution in [3.63, 3.8) is 0 Å². The third kappa shape index (κ3) is 2.42. The average Bonchev–Trinajstić information content (AvgIpc) is 2.15. The van der Waals surface area contributed by atoms with Gasteiger partial charge in [0.15, 0.2) is 0 Å². The molecule has 1 saturated heterocycles. The molecule has 5 nitrogen and oxygen atoms in total. The van der Waals surface area contributed by atoms with Crippen LogP contribution in [-0.2, 0) is 14.3 Å².